The van der Waals surface area contributed by atoms with Crippen LogP contribution in [0.25, 0.3) is 0 Å². The topological polar surface area (TPSA) is 77.8 Å². The molecule has 4 heteroatoms. The number of aliphatic hydroxyl groups excluding tert-OH is 3. The van der Waals surface area contributed by atoms with Crippen molar-refractivity contribution in [1.29, 1.82) is 0 Å². The van der Waals surface area contributed by atoms with Crippen LogP contribution in [0.1, 0.15) is 70.6 Å². The zero-order valence-electron chi connectivity index (χ0n) is 14.8. The van der Waals surface area contributed by atoms with Crippen molar-refractivity contribution in [2.24, 2.45) is 17.8 Å². The number of carbonyl (C=O) groups excluding carboxylic acids is 1. The lowest BCUT2D eigenvalue weighted by Crippen LogP contribution is -2.24. The van der Waals surface area contributed by atoms with Crippen LogP contribution in [0, 0.1) is 17.8 Å². The van der Waals surface area contributed by atoms with E-state index in [2.05, 4.69) is 6.08 Å². The maximum Gasteiger partial charge on any atom is 0.139 e. The van der Waals surface area contributed by atoms with Crippen molar-refractivity contribution in [2.75, 3.05) is 6.61 Å². The summed E-state index contributed by atoms with van der Waals surface area (Å²) in [6.45, 7) is 0.257. The molecular formula is C20H34O4. The molecule has 0 saturated heterocycles. The van der Waals surface area contributed by atoms with Crippen LogP contribution >= 0.6 is 0 Å². The van der Waals surface area contributed by atoms with Crippen LogP contribution in [0.5, 0.6) is 0 Å². The summed E-state index contributed by atoms with van der Waals surface area (Å²) >= 11 is 0. The molecule has 2 aliphatic carbocycles. The first-order valence-corrected chi connectivity index (χ1v) is 9.81. The molecule has 0 heterocycles. The predicted octanol–water partition coefficient (Wildman–Crippen LogP) is 2.99. The van der Waals surface area contributed by atoms with E-state index in [4.69, 9.17) is 5.11 Å². The molecule has 0 aromatic carbocycles. The fourth-order valence-corrected chi connectivity index (χ4v) is 4.23. The number of ketones is 1. The molecular weight excluding hydrogens is 304 g/mol. The maximum atomic E-state index is 12.2. The first kappa shape index (κ1) is 19.6. The van der Waals surface area contributed by atoms with Crippen molar-refractivity contribution >= 4 is 5.78 Å². The summed E-state index contributed by atoms with van der Waals surface area (Å²) < 4.78 is 0. The van der Waals surface area contributed by atoms with E-state index in [1.807, 2.05) is 6.08 Å². The highest BCUT2D eigenvalue weighted by atomic mass is 16.3. The van der Waals surface area contributed by atoms with Gasteiger partial charge in [0.1, 0.15) is 5.78 Å². The Morgan fingerprint density at radius 3 is 2.38 bits per heavy atom. The lowest BCUT2D eigenvalue weighted by Gasteiger charge is -2.26. The Kier molecular flexibility index (Phi) is 8.43. The Bertz CT molecular complexity index is 406. The van der Waals surface area contributed by atoms with Gasteiger partial charge in [-0.25, -0.2) is 0 Å². The number of carbonyl (C=O) groups is 1. The van der Waals surface area contributed by atoms with Gasteiger partial charge in [-0.3, -0.25) is 4.79 Å². The van der Waals surface area contributed by atoms with Crippen LogP contribution in [0.15, 0.2) is 12.2 Å². The molecule has 1 unspecified atom stereocenters. The van der Waals surface area contributed by atoms with Gasteiger partial charge < -0.3 is 15.3 Å². The molecule has 0 aliphatic heterocycles. The summed E-state index contributed by atoms with van der Waals surface area (Å²) in [5.74, 6) is 0.233. The van der Waals surface area contributed by atoms with Crippen LogP contribution < -0.4 is 0 Å². The van der Waals surface area contributed by atoms with E-state index in [1.54, 1.807) is 0 Å². The van der Waals surface area contributed by atoms with Gasteiger partial charge in [0.15, 0.2) is 0 Å². The zero-order chi connectivity index (χ0) is 17.4. The van der Waals surface area contributed by atoms with Gasteiger partial charge in [0, 0.05) is 30.8 Å². The van der Waals surface area contributed by atoms with Gasteiger partial charge in [0.25, 0.3) is 0 Å². The Morgan fingerprint density at radius 1 is 0.917 bits per heavy atom. The summed E-state index contributed by atoms with van der Waals surface area (Å²) in [5, 5.41) is 29.1. The van der Waals surface area contributed by atoms with Gasteiger partial charge in [-0.2, -0.15) is 0 Å². The highest BCUT2D eigenvalue weighted by Crippen LogP contribution is 2.35. The van der Waals surface area contributed by atoms with Crippen LogP contribution in [-0.4, -0.2) is 39.9 Å². The smallest absolute Gasteiger partial charge is 0.139 e. The molecule has 2 aliphatic rings. The minimum Gasteiger partial charge on any atom is -0.396 e. The Labute approximate surface area is 146 Å². The van der Waals surface area contributed by atoms with Crippen molar-refractivity contribution in [3.63, 3.8) is 0 Å². The van der Waals surface area contributed by atoms with Gasteiger partial charge in [-0.15, -0.1) is 0 Å². The first-order valence-electron chi connectivity index (χ1n) is 9.81. The third-order valence-corrected chi connectivity index (χ3v) is 5.77. The maximum absolute atomic E-state index is 12.2. The Hall–Kier alpha value is -0.710. The second kappa shape index (κ2) is 10.3. The molecule has 2 fully saturated rings. The average molecular weight is 338 g/mol. The Balaban J connectivity index is 1.82. The third-order valence-electron chi connectivity index (χ3n) is 5.77. The molecule has 0 radical (unpaired) electrons. The van der Waals surface area contributed by atoms with E-state index >= 15 is 0 Å². The number of aliphatic hydroxyl groups is 3. The summed E-state index contributed by atoms with van der Waals surface area (Å²) in [4.78, 5) is 12.2. The fourth-order valence-electron chi connectivity index (χ4n) is 4.23. The standard InChI is InChI=1S/C20H34O4/c21-13-7-3-1-2-4-9-16-17(20(24)14-19(16)23)12-11-15-8-5-6-10-18(15)22/h11-12,15-18,20-22,24H,1-10,13-14H2/t15?,16-,17-,18+,20-/m1/s1. The van der Waals surface area contributed by atoms with Crippen molar-refractivity contribution in [2.45, 2.75) is 82.8 Å². The van der Waals surface area contributed by atoms with Gasteiger partial charge in [0.2, 0.25) is 0 Å². The van der Waals surface area contributed by atoms with Gasteiger partial charge in [0.05, 0.1) is 12.2 Å². The monoisotopic (exact) mass is 338 g/mol. The van der Waals surface area contributed by atoms with E-state index in [-0.39, 0.29) is 42.7 Å². The summed E-state index contributed by atoms with van der Waals surface area (Å²) in [5.41, 5.74) is 0. The van der Waals surface area contributed by atoms with Crippen LogP contribution in [-0.2, 0) is 4.79 Å². The number of hydrogen-bond acceptors (Lipinski definition) is 4. The lowest BCUT2D eigenvalue weighted by atomic mass is 9.83. The van der Waals surface area contributed by atoms with E-state index in [9.17, 15) is 15.0 Å². The van der Waals surface area contributed by atoms with Crippen molar-refractivity contribution in [3.05, 3.63) is 12.2 Å². The summed E-state index contributed by atoms with van der Waals surface area (Å²) in [7, 11) is 0. The van der Waals surface area contributed by atoms with E-state index in [0.29, 0.717) is 0 Å². The van der Waals surface area contributed by atoms with Crippen molar-refractivity contribution < 1.29 is 20.1 Å². The predicted molar refractivity (Wildman–Crippen MR) is 94.5 cm³/mol. The summed E-state index contributed by atoms with van der Waals surface area (Å²) in [6, 6.07) is 0. The SMILES string of the molecule is O=C1C[C@@H](O)[C@H](C=CC2CCCC[C@@H]2O)[C@H]1CCCCCCCO. The molecule has 0 aromatic rings. The minimum atomic E-state index is -0.561. The molecule has 5 atom stereocenters. The molecule has 0 bridgehead atoms. The minimum absolute atomic E-state index is 0.0603. The van der Waals surface area contributed by atoms with Crippen LogP contribution in [0.3, 0.4) is 0 Å². The molecule has 4 nitrogen and oxygen atoms in total. The Morgan fingerprint density at radius 2 is 1.62 bits per heavy atom. The second-order valence-electron chi connectivity index (χ2n) is 7.60. The highest BCUT2D eigenvalue weighted by Gasteiger charge is 2.39. The zero-order valence-corrected chi connectivity index (χ0v) is 14.8. The molecule has 0 amide bonds. The normalized spacial score (nSPS) is 34.3. The number of rotatable bonds is 9. The average Bonchev–Trinajstić information content (AvgIpc) is 2.83. The lowest BCUT2D eigenvalue weighted by molar-refractivity contribution is -0.121. The van der Waals surface area contributed by atoms with E-state index in [1.165, 1.54) is 0 Å². The molecule has 138 valence electrons. The molecule has 0 spiro atoms. The van der Waals surface area contributed by atoms with Crippen molar-refractivity contribution in [1.82, 2.24) is 0 Å². The fraction of sp³-hybridized carbons (Fsp3) is 0.850. The van der Waals surface area contributed by atoms with E-state index < -0.39 is 6.10 Å². The van der Waals surface area contributed by atoms with E-state index in [0.717, 1.165) is 64.2 Å². The van der Waals surface area contributed by atoms with Gasteiger partial charge >= 0.3 is 0 Å². The molecule has 2 rings (SSSR count). The largest absolute Gasteiger partial charge is 0.396 e. The molecule has 2 saturated carbocycles. The summed E-state index contributed by atoms with van der Waals surface area (Å²) in [6.07, 6.45) is 13.6. The quantitative estimate of drug-likeness (QED) is 0.446. The van der Waals surface area contributed by atoms with Crippen LogP contribution in [0.4, 0.5) is 0 Å². The second-order valence-corrected chi connectivity index (χ2v) is 7.60. The van der Waals surface area contributed by atoms with Crippen molar-refractivity contribution in [3.8, 4) is 0 Å². The van der Waals surface area contributed by atoms with Crippen LogP contribution in [0.2, 0.25) is 0 Å². The molecule has 3 N–H and O–H groups in total. The first-order chi connectivity index (χ1) is 11.6. The number of Topliss-reactive ketones (excluding diaryl/α,β-unsaturated/α-hetero) is 1. The van der Waals surface area contributed by atoms with Gasteiger partial charge in [-0.1, -0.05) is 50.7 Å². The molecule has 0 aromatic heterocycles. The number of unbranched alkanes of at least 4 members (excludes halogenated alkanes) is 4. The van der Waals surface area contributed by atoms with Gasteiger partial charge in [-0.05, 0) is 25.7 Å². The number of hydrogen-bond donors (Lipinski definition) is 3. The highest BCUT2D eigenvalue weighted by molar-refractivity contribution is 5.84. The molecule has 24 heavy (non-hydrogen) atoms. The third kappa shape index (κ3) is 5.68.